The van der Waals surface area contributed by atoms with E-state index in [1.54, 1.807) is 0 Å². The molecule has 13 heavy (non-hydrogen) atoms. The first-order chi connectivity index (χ1) is 6.24. The van der Waals surface area contributed by atoms with Crippen LogP contribution in [0.15, 0.2) is 18.2 Å². The molecule has 0 spiro atoms. The second-order valence-corrected chi connectivity index (χ2v) is 3.12. The van der Waals surface area contributed by atoms with Crippen LogP contribution in [-0.4, -0.2) is 5.49 Å². The molecule has 0 heterocycles. The molecule has 0 saturated heterocycles. The fourth-order valence-electron chi connectivity index (χ4n) is 0.808. The lowest BCUT2D eigenvalue weighted by molar-refractivity contribution is 0.773. The van der Waals surface area contributed by atoms with Gasteiger partial charge in [-0.05, 0) is 24.6 Å². The van der Waals surface area contributed by atoms with Gasteiger partial charge in [0.1, 0.15) is 0 Å². The van der Waals surface area contributed by atoms with Gasteiger partial charge in [0.05, 0.1) is 11.2 Å². The molecule has 0 unspecified atom stereocenters. The van der Waals surface area contributed by atoms with E-state index in [1.807, 2.05) is 25.1 Å². The molecular formula is C8H10ClN3S. The van der Waals surface area contributed by atoms with Crippen molar-refractivity contribution in [2.75, 3.05) is 5.43 Å². The van der Waals surface area contributed by atoms with Crippen LogP contribution in [0.5, 0.6) is 0 Å². The van der Waals surface area contributed by atoms with Gasteiger partial charge >= 0.3 is 0 Å². The summed E-state index contributed by atoms with van der Waals surface area (Å²) in [6, 6.07) is 5.68. The molecule has 1 rings (SSSR count). The number of anilines is 1. The summed E-state index contributed by atoms with van der Waals surface area (Å²) in [5, 5.41) is 0.731. The Kier molecular flexibility index (Phi) is 3.95. The maximum Gasteiger partial charge on any atom is 0.0773 e. The van der Waals surface area contributed by atoms with Crippen molar-refractivity contribution in [3.63, 3.8) is 0 Å². The Labute approximate surface area is 87.4 Å². The van der Waals surface area contributed by atoms with E-state index in [-0.39, 0.29) is 0 Å². The summed E-state index contributed by atoms with van der Waals surface area (Å²) in [6.45, 7) is 1.95. The van der Waals surface area contributed by atoms with Crippen LogP contribution < -0.4 is 16.4 Å². The Morgan fingerprint density at radius 3 is 2.85 bits per heavy atom. The van der Waals surface area contributed by atoms with Gasteiger partial charge in [-0.15, -0.1) is 5.53 Å². The van der Waals surface area contributed by atoms with Crippen LogP contribution in [0.1, 0.15) is 5.56 Å². The summed E-state index contributed by atoms with van der Waals surface area (Å²) in [7, 11) is 0. The van der Waals surface area contributed by atoms with Crippen molar-refractivity contribution in [2.24, 2.45) is 0 Å². The predicted octanol–water partition coefficient (Wildman–Crippen LogP) is 2.03. The van der Waals surface area contributed by atoms with E-state index in [1.165, 1.54) is 5.49 Å². The largest absolute Gasteiger partial charge is 0.304 e. The molecule has 3 N–H and O–H groups in total. The van der Waals surface area contributed by atoms with Crippen molar-refractivity contribution < 1.29 is 0 Å². The summed E-state index contributed by atoms with van der Waals surface area (Å²) in [5.41, 5.74) is 11.5. The summed E-state index contributed by atoms with van der Waals surface area (Å²) in [6.07, 6.45) is 0. The molecule has 0 saturated carbocycles. The van der Waals surface area contributed by atoms with Crippen molar-refractivity contribution in [2.45, 2.75) is 6.92 Å². The molecule has 0 radical (unpaired) electrons. The molecule has 0 aliphatic heterocycles. The third-order valence-electron chi connectivity index (χ3n) is 1.51. The molecular weight excluding hydrogens is 206 g/mol. The summed E-state index contributed by atoms with van der Waals surface area (Å²) >= 11 is 10.5. The van der Waals surface area contributed by atoms with Crippen molar-refractivity contribution in [1.82, 2.24) is 11.0 Å². The van der Waals surface area contributed by atoms with Crippen molar-refractivity contribution in [3.8, 4) is 0 Å². The lowest BCUT2D eigenvalue weighted by Gasteiger charge is -2.08. The fraction of sp³-hybridized carbons (Fsp3) is 0.125. The molecule has 0 amide bonds. The highest BCUT2D eigenvalue weighted by molar-refractivity contribution is 7.78. The van der Waals surface area contributed by atoms with Crippen LogP contribution in [0, 0.1) is 6.92 Å². The van der Waals surface area contributed by atoms with E-state index >= 15 is 0 Å². The zero-order valence-electron chi connectivity index (χ0n) is 7.10. The predicted molar refractivity (Wildman–Crippen MR) is 59.7 cm³/mol. The first-order valence-electron chi connectivity index (χ1n) is 3.70. The topological polar surface area (TPSA) is 36.1 Å². The maximum absolute atomic E-state index is 5.91. The van der Waals surface area contributed by atoms with Crippen LogP contribution in [0.25, 0.3) is 0 Å². The van der Waals surface area contributed by atoms with Gasteiger partial charge < -0.3 is 10.9 Å². The average molecular weight is 216 g/mol. The van der Waals surface area contributed by atoms with Crippen molar-refractivity contribution >= 4 is 35.0 Å². The first kappa shape index (κ1) is 10.2. The van der Waals surface area contributed by atoms with Gasteiger partial charge in [-0.25, -0.2) is 0 Å². The number of halogens is 1. The van der Waals surface area contributed by atoms with Crippen molar-refractivity contribution in [1.29, 1.82) is 0 Å². The highest BCUT2D eigenvalue weighted by atomic mass is 35.5. The third kappa shape index (κ3) is 3.18. The molecule has 1 aromatic carbocycles. The molecule has 0 aliphatic carbocycles. The summed E-state index contributed by atoms with van der Waals surface area (Å²) < 4.78 is 0. The molecule has 0 bridgehead atoms. The lowest BCUT2D eigenvalue weighted by Crippen LogP contribution is -2.34. The van der Waals surface area contributed by atoms with Gasteiger partial charge in [0.2, 0.25) is 0 Å². The Morgan fingerprint density at radius 2 is 2.23 bits per heavy atom. The minimum atomic E-state index is 0.731. The number of benzene rings is 1. The standard InChI is InChI=1S/C8H10ClN3S/c1-6-2-3-7(4-8(6)9)11-12-10-5-13/h2-5,11-12H,1H3,(H,10,13). The Bertz CT molecular complexity index is 303. The highest BCUT2D eigenvalue weighted by Crippen LogP contribution is 2.18. The normalized spacial score (nSPS) is 9.38. The molecule has 0 aliphatic rings. The van der Waals surface area contributed by atoms with Crippen LogP contribution >= 0.6 is 23.8 Å². The minimum Gasteiger partial charge on any atom is -0.304 e. The Balaban J connectivity index is 2.57. The molecule has 0 fully saturated rings. The number of rotatable bonds is 4. The van der Waals surface area contributed by atoms with E-state index in [0.717, 1.165) is 16.3 Å². The highest BCUT2D eigenvalue weighted by Gasteiger charge is 1.95. The molecule has 0 atom stereocenters. The number of hydrazine groups is 2. The van der Waals surface area contributed by atoms with Crippen LogP contribution in [0.2, 0.25) is 5.02 Å². The Morgan fingerprint density at radius 1 is 1.46 bits per heavy atom. The second kappa shape index (κ2) is 5.01. The molecule has 0 aromatic heterocycles. The first-order valence-corrected chi connectivity index (χ1v) is 4.55. The zero-order valence-corrected chi connectivity index (χ0v) is 8.67. The van der Waals surface area contributed by atoms with Gasteiger partial charge in [0.15, 0.2) is 0 Å². The van der Waals surface area contributed by atoms with Gasteiger partial charge in [0, 0.05) is 5.02 Å². The number of hydrogen-bond donors (Lipinski definition) is 3. The van der Waals surface area contributed by atoms with E-state index in [2.05, 4.69) is 28.6 Å². The number of hydrogen-bond acceptors (Lipinski definition) is 3. The van der Waals surface area contributed by atoms with Crippen LogP contribution in [0.3, 0.4) is 0 Å². The average Bonchev–Trinajstić information content (AvgIpc) is 2.12. The third-order valence-corrected chi connectivity index (χ3v) is 2.03. The molecule has 3 nitrogen and oxygen atoms in total. The molecule has 70 valence electrons. The lowest BCUT2D eigenvalue weighted by atomic mass is 10.2. The Hall–Kier alpha value is -0.840. The van der Waals surface area contributed by atoms with E-state index < -0.39 is 0 Å². The zero-order chi connectivity index (χ0) is 9.68. The van der Waals surface area contributed by atoms with Crippen molar-refractivity contribution in [3.05, 3.63) is 28.8 Å². The number of nitrogens with one attached hydrogen (secondary N) is 3. The van der Waals surface area contributed by atoms with Gasteiger partial charge in [-0.3, -0.25) is 0 Å². The van der Waals surface area contributed by atoms with Gasteiger partial charge in [-0.2, -0.15) is 0 Å². The van der Waals surface area contributed by atoms with E-state index in [9.17, 15) is 0 Å². The van der Waals surface area contributed by atoms with E-state index in [0.29, 0.717) is 0 Å². The smallest absolute Gasteiger partial charge is 0.0773 e. The van der Waals surface area contributed by atoms with Gasteiger partial charge in [0.25, 0.3) is 0 Å². The molecule has 5 heteroatoms. The quantitative estimate of drug-likeness (QED) is 0.408. The number of thiocarbonyl (C=S) groups is 1. The number of aryl methyl sites for hydroxylation is 1. The fourth-order valence-corrected chi connectivity index (χ4v) is 1.05. The van der Waals surface area contributed by atoms with Crippen LogP contribution in [-0.2, 0) is 0 Å². The van der Waals surface area contributed by atoms with E-state index in [4.69, 9.17) is 11.6 Å². The molecule has 1 aromatic rings. The minimum absolute atomic E-state index is 0.731. The SMILES string of the molecule is Cc1ccc(NNNC=S)cc1Cl. The van der Waals surface area contributed by atoms with Gasteiger partial charge in [-0.1, -0.05) is 29.9 Å². The summed E-state index contributed by atoms with van der Waals surface area (Å²) in [4.78, 5) is 0. The maximum atomic E-state index is 5.91. The second-order valence-electron chi connectivity index (χ2n) is 2.48. The monoisotopic (exact) mass is 215 g/mol. The van der Waals surface area contributed by atoms with Crippen LogP contribution in [0.4, 0.5) is 5.69 Å². The summed E-state index contributed by atoms with van der Waals surface area (Å²) in [5.74, 6) is 0.